The van der Waals surface area contributed by atoms with Gasteiger partial charge in [-0.25, -0.2) is 0 Å². The van der Waals surface area contributed by atoms with Crippen LogP contribution in [-0.2, 0) is 14.7 Å². The average Bonchev–Trinajstić information content (AvgIpc) is 1.53. The van der Waals surface area contributed by atoms with E-state index < -0.39 is 43.4 Å². The minimum atomic E-state index is -8.07. The molecule has 4 aromatic rings. The second-order valence-corrected chi connectivity index (χ2v) is 87.8. The van der Waals surface area contributed by atoms with E-state index in [-0.39, 0.29) is 47.3 Å². The molecule has 10 aliphatic rings. The predicted molar refractivity (Wildman–Crippen MR) is 418 cm³/mol. The fourth-order valence-electron chi connectivity index (χ4n) is 23.2. The van der Waals surface area contributed by atoms with Gasteiger partial charge in [-0.1, -0.05) is 0 Å². The molecule has 0 aromatic heterocycles. The fraction of sp³-hybridized carbons (Fsp3) is 0.317. The molecule has 95 heavy (non-hydrogen) atoms. The molecule has 0 radical (unpaired) electrons. The number of allylic oxidation sites excluding steroid dienone is 32. The third-order valence-corrected chi connectivity index (χ3v) is 145. The van der Waals surface area contributed by atoms with E-state index in [1.807, 2.05) is 0 Å². The van der Waals surface area contributed by atoms with E-state index in [1.165, 1.54) is 66.9 Å². The van der Waals surface area contributed by atoms with Crippen LogP contribution in [0.5, 0.6) is 0 Å². The van der Waals surface area contributed by atoms with Crippen LogP contribution < -0.4 is 0 Å². The van der Waals surface area contributed by atoms with Gasteiger partial charge in [-0.2, -0.15) is 0 Å². The van der Waals surface area contributed by atoms with Crippen molar-refractivity contribution in [2.24, 2.45) is 0 Å². The number of hydrogen-bond donors (Lipinski definition) is 0. The second-order valence-electron chi connectivity index (χ2n) is 30.1. The standard InChI is InChI=1S/2C41H40Cl4Si.2ClH.Hf/c2*1-22(2)38-34(42)18-26(19-35(38)43)28-12-8-10-14-30-32(28)16-24(5)40(30)46(7)41-25(6)17-33-29(13-9-11-15-31(33)41)27-20-36(44)39(23(3)4)37(45)21-27;;;/h2*8-23,28-29,46H,1-7H3;2*1H;/q;;;;+2/p-2. The third-order valence-electron chi connectivity index (χ3n) is 25.3. The summed E-state index contributed by atoms with van der Waals surface area (Å²) in [5.74, 6) is -0.553. The van der Waals surface area contributed by atoms with E-state index >= 15 is 0 Å². The van der Waals surface area contributed by atoms with Crippen LogP contribution >= 0.6 is 110 Å². The molecule has 0 N–H and O–H groups in total. The quantitative estimate of drug-likeness (QED) is 0.154. The molecule has 14 rings (SSSR count). The third kappa shape index (κ3) is 7.94. The Bertz CT molecular complexity index is 4060. The Balaban J connectivity index is 1.19. The van der Waals surface area contributed by atoms with Crippen LogP contribution in [0.25, 0.3) is 0 Å². The molecule has 2 saturated heterocycles. The van der Waals surface area contributed by atoms with Crippen LogP contribution in [0, 0.1) is 0 Å². The van der Waals surface area contributed by atoms with Gasteiger partial charge in [0.2, 0.25) is 0 Å². The summed E-state index contributed by atoms with van der Waals surface area (Å²) in [5.41, 5.74) is 22.5. The number of hydrogen-bond acceptors (Lipinski definition) is 0. The van der Waals surface area contributed by atoms with Gasteiger partial charge in [0.1, 0.15) is 0 Å². The van der Waals surface area contributed by atoms with Crippen LogP contribution in [0.3, 0.4) is 0 Å². The number of benzene rings is 4. The Morgan fingerprint density at radius 1 is 0.316 bits per heavy atom. The van der Waals surface area contributed by atoms with Gasteiger partial charge in [0.05, 0.1) is 0 Å². The van der Waals surface area contributed by atoms with Crippen LogP contribution in [0.15, 0.2) is 237 Å². The second kappa shape index (κ2) is 23.2. The molecule has 2 heterocycles. The van der Waals surface area contributed by atoms with Gasteiger partial charge in [0.15, 0.2) is 0 Å². The summed E-state index contributed by atoms with van der Waals surface area (Å²) < 4.78 is -3.54. The number of rotatable bonds is 8. The maximum atomic E-state index is 11.5. The molecule has 8 unspecified atom stereocenters. The van der Waals surface area contributed by atoms with Gasteiger partial charge >= 0.3 is 619 Å². The molecule has 490 valence electrons. The molecular formula is C82H80Cl10HfSi2. The van der Waals surface area contributed by atoms with Crippen molar-refractivity contribution in [1.29, 1.82) is 0 Å². The Labute approximate surface area is 611 Å². The van der Waals surface area contributed by atoms with Crippen LogP contribution in [0.1, 0.15) is 175 Å². The molecule has 0 nitrogen and oxygen atoms in total. The van der Waals surface area contributed by atoms with Gasteiger partial charge < -0.3 is 0 Å². The van der Waals surface area contributed by atoms with Crippen LogP contribution in [0.4, 0.5) is 0 Å². The van der Waals surface area contributed by atoms with Crippen molar-refractivity contribution in [1.82, 2.24) is 0 Å². The number of fused-ring (bicyclic) bond motifs is 8. The molecule has 2 fully saturated rings. The van der Waals surface area contributed by atoms with Crippen molar-refractivity contribution in [3.63, 3.8) is 0 Å². The van der Waals surface area contributed by atoms with Crippen molar-refractivity contribution >= 4 is 128 Å². The van der Waals surface area contributed by atoms with Crippen molar-refractivity contribution in [2.75, 3.05) is 0 Å². The summed E-state index contributed by atoms with van der Waals surface area (Å²) in [6, 6.07) is 17.2. The summed E-state index contributed by atoms with van der Waals surface area (Å²) in [5, 5.41) is 5.27. The minimum absolute atomic E-state index is 0.118. The van der Waals surface area contributed by atoms with E-state index in [0.29, 0.717) is 40.2 Å². The van der Waals surface area contributed by atoms with Gasteiger partial charge in [-0.3, -0.25) is 0 Å². The topological polar surface area (TPSA) is 0 Å². The van der Waals surface area contributed by atoms with E-state index in [0.717, 1.165) is 44.5 Å². The molecule has 8 atom stereocenters. The van der Waals surface area contributed by atoms with E-state index in [1.54, 1.807) is 0 Å². The molecule has 0 saturated carbocycles. The van der Waals surface area contributed by atoms with Crippen LogP contribution in [-0.4, -0.2) is 17.6 Å². The fourth-order valence-corrected chi connectivity index (χ4v) is 199. The van der Waals surface area contributed by atoms with Crippen LogP contribution in [0.2, 0.25) is 64.5 Å². The normalized spacial score (nSPS) is 31.5. The molecule has 13 heteroatoms. The van der Waals surface area contributed by atoms with E-state index in [2.05, 4.69) is 266 Å². The Kier molecular flexibility index (Phi) is 16.9. The monoisotopic (exact) mass is 1650 g/mol. The first-order valence-corrected chi connectivity index (χ1v) is 57.4. The molecule has 0 bridgehead atoms. The molecule has 4 aromatic carbocycles. The molecule has 2 aliphatic heterocycles. The summed E-state index contributed by atoms with van der Waals surface area (Å²) in [6.45, 7) is 32.2. The molecular weight excluding hydrogens is 1570 g/mol. The zero-order valence-corrected chi connectivity index (χ0v) is 69.7. The first-order chi connectivity index (χ1) is 44.9. The average molecular weight is 1650 g/mol. The van der Waals surface area contributed by atoms with Gasteiger partial charge in [-0.15, -0.1) is 0 Å². The Morgan fingerprint density at radius 3 is 0.663 bits per heavy atom. The maximum absolute atomic E-state index is 11.5. The molecule has 0 amide bonds. The SMILES string of the molecule is CC1=CC2=C(C=CC=CC2c2cc(Cl)c(C(C)C)c(Cl)c2)[C]12[SiH](C)[C]1(C(C)=CC3=C1C=CC=CC3c1cc(Cl)c(C(C)C)c(Cl)c1)[Hf]21([Cl])([Cl])[C]2(C(C)=CC3=C2C=CC=CC3c2cc(Cl)c(C(C)C)c(Cl)c2)[SiH](C)[C]12C(C)=CC1=C2C=CC=CC1c1cc(Cl)c(C(C)C)c(Cl)c1. The summed E-state index contributed by atoms with van der Waals surface area (Å²) >= 11 is 51.5. The molecule has 5 spiro atoms. The zero-order chi connectivity index (χ0) is 68.1. The first-order valence-electron chi connectivity index (χ1n) is 33.7. The molecule has 8 aliphatic carbocycles. The van der Waals surface area contributed by atoms with Gasteiger partial charge in [0, 0.05) is 0 Å². The van der Waals surface area contributed by atoms with E-state index in [4.69, 9.17) is 92.8 Å². The van der Waals surface area contributed by atoms with Crippen molar-refractivity contribution < 1.29 is 14.7 Å². The van der Waals surface area contributed by atoms with Gasteiger partial charge in [-0.05, 0) is 0 Å². The summed E-state index contributed by atoms with van der Waals surface area (Å²) in [7, 11) is 17.5. The summed E-state index contributed by atoms with van der Waals surface area (Å²) in [6.07, 6.45) is 47.2. The van der Waals surface area contributed by atoms with E-state index in [9.17, 15) is 17.2 Å². The Morgan fingerprint density at radius 2 is 0.495 bits per heavy atom. The van der Waals surface area contributed by atoms with Crippen molar-refractivity contribution in [3.8, 4) is 0 Å². The zero-order valence-electron chi connectivity index (χ0n) is 56.2. The first kappa shape index (κ1) is 69.0. The summed E-state index contributed by atoms with van der Waals surface area (Å²) in [4.78, 5) is 0. The predicted octanol–water partition coefficient (Wildman–Crippen LogP) is 28.4. The van der Waals surface area contributed by atoms with Crippen molar-refractivity contribution in [3.05, 3.63) is 322 Å². The van der Waals surface area contributed by atoms with Crippen molar-refractivity contribution in [2.45, 2.75) is 155 Å². The van der Waals surface area contributed by atoms with Gasteiger partial charge in [0.25, 0.3) is 0 Å². The number of halogens is 10. The Hall–Kier alpha value is -3.08.